The van der Waals surface area contributed by atoms with Gasteiger partial charge in [-0.25, -0.2) is 13.7 Å². The van der Waals surface area contributed by atoms with Crippen LogP contribution in [0.1, 0.15) is 12.5 Å². The molecule has 1 rings (SSSR count). The maximum atomic E-state index is 11.6. The van der Waals surface area contributed by atoms with E-state index < -0.39 is 9.92 Å². The fraction of sp³-hybridized carbons (Fsp3) is 0.429. The van der Waals surface area contributed by atoms with Crippen molar-refractivity contribution >= 4 is 21.3 Å². The Balaban J connectivity index is 3.29. The number of thiophene rings is 1. The van der Waals surface area contributed by atoms with Gasteiger partial charge in [-0.05, 0) is 23.4 Å². The van der Waals surface area contributed by atoms with Gasteiger partial charge in [0.1, 0.15) is 14.1 Å². The van der Waals surface area contributed by atoms with Gasteiger partial charge in [0.2, 0.25) is 0 Å². The van der Waals surface area contributed by atoms with Gasteiger partial charge in [0.25, 0.3) is 0 Å². The van der Waals surface area contributed by atoms with E-state index in [1.165, 1.54) is 18.4 Å². The van der Waals surface area contributed by atoms with Crippen LogP contribution in [0.3, 0.4) is 0 Å². The first-order valence-electron chi connectivity index (χ1n) is 3.61. The van der Waals surface area contributed by atoms with Crippen molar-refractivity contribution in [2.24, 2.45) is 9.50 Å². The zero-order valence-corrected chi connectivity index (χ0v) is 8.74. The number of aryl methyl sites for hydroxylation is 1. The number of hydrogen-bond acceptors (Lipinski definition) is 3. The lowest BCUT2D eigenvalue weighted by molar-refractivity contribution is 0.678. The van der Waals surface area contributed by atoms with Gasteiger partial charge in [0.05, 0.1) is 0 Å². The zero-order chi connectivity index (χ0) is 9.19. The van der Waals surface area contributed by atoms with E-state index in [4.69, 9.17) is 5.14 Å². The third-order valence-corrected chi connectivity index (χ3v) is 4.71. The lowest BCUT2D eigenvalue weighted by Gasteiger charge is -2.01. The van der Waals surface area contributed by atoms with E-state index in [-0.39, 0.29) is 0 Å². The number of hydrogen-bond donors (Lipinski definition) is 1. The Labute approximate surface area is 76.9 Å². The Bertz CT molecular complexity index is 375. The van der Waals surface area contributed by atoms with Crippen LogP contribution < -0.4 is 5.14 Å². The molecule has 68 valence electrons. The predicted molar refractivity (Wildman–Crippen MR) is 52.6 cm³/mol. The summed E-state index contributed by atoms with van der Waals surface area (Å²) < 4.78 is 16.0. The number of rotatable bonds is 2. The Kier molecular flexibility index (Phi) is 2.87. The minimum Gasteiger partial charge on any atom is -0.240 e. The SMILES string of the molecule is CCc1ccsc1S(N)(=O)=NC. The van der Waals surface area contributed by atoms with Gasteiger partial charge >= 0.3 is 0 Å². The Morgan fingerprint density at radius 1 is 1.75 bits per heavy atom. The third kappa shape index (κ3) is 1.68. The van der Waals surface area contributed by atoms with Crippen molar-refractivity contribution in [1.29, 1.82) is 0 Å². The molecular formula is C7H12N2OS2. The molecule has 0 aliphatic heterocycles. The molecule has 0 aromatic carbocycles. The molecule has 1 aromatic heterocycles. The zero-order valence-electron chi connectivity index (χ0n) is 7.11. The Hall–Kier alpha value is -0.390. The lowest BCUT2D eigenvalue weighted by atomic mass is 10.3. The van der Waals surface area contributed by atoms with Crippen LogP contribution in [0.15, 0.2) is 20.0 Å². The van der Waals surface area contributed by atoms with Crippen LogP contribution >= 0.6 is 11.3 Å². The highest BCUT2D eigenvalue weighted by atomic mass is 32.2. The minimum atomic E-state index is -2.60. The molecular weight excluding hydrogens is 192 g/mol. The van der Waals surface area contributed by atoms with Crippen molar-refractivity contribution in [3.8, 4) is 0 Å². The second-order valence-electron chi connectivity index (χ2n) is 2.34. The minimum absolute atomic E-state index is 0.715. The van der Waals surface area contributed by atoms with Crippen LogP contribution in [0.5, 0.6) is 0 Å². The van der Waals surface area contributed by atoms with Crippen molar-refractivity contribution in [3.63, 3.8) is 0 Å². The quantitative estimate of drug-likeness (QED) is 0.782. The first-order valence-corrected chi connectivity index (χ1v) is 6.07. The van der Waals surface area contributed by atoms with E-state index in [1.54, 1.807) is 0 Å². The van der Waals surface area contributed by atoms with E-state index in [0.29, 0.717) is 4.21 Å². The molecule has 0 bridgehead atoms. The molecule has 0 radical (unpaired) electrons. The molecule has 1 unspecified atom stereocenters. The van der Waals surface area contributed by atoms with E-state index in [2.05, 4.69) is 4.36 Å². The van der Waals surface area contributed by atoms with Crippen LogP contribution in [0.2, 0.25) is 0 Å². The maximum Gasteiger partial charge on any atom is 0.144 e. The van der Waals surface area contributed by atoms with Gasteiger partial charge in [0, 0.05) is 7.05 Å². The summed E-state index contributed by atoms with van der Waals surface area (Å²) >= 11 is 1.41. The van der Waals surface area contributed by atoms with Crippen LogP contribution in [-0.4, -0.2) is 11.3 Å². The van der Waals surface area contributed by atoms with Crippen molar-refractivity contribution in [3.05, 3.63) is 17.0 Å². The van der Waals surface area contributed by atoms with Crippen LogP contribution in [-0.2, 0) is 16.3 Å². The summed E-state index contributed by atoms with van der Waals surface area (Å²) in [5.41, 5.74) is 1.04. The molecule has 0 spiro atoms. The largest absolute Gasteiger partial charge is 0.240 e. The average Bonchev–Trinajstić information content (AvgIpc) is 2.52. The maximum absolute atomic E-state index is 11.6. The highest BCUT2D eigenvalue weighted by Crippen LogP contribution is 2.22. The summed E-state index contributed by atoms with van der Waals surface area (Å²) in [6, 6.07) is 1.94. The molecule has 0 aliphatic carbocycles. The smallest absolute Gasteiger partial charge is 0.144 e. The van der Waals surface area contributed by atoms with Gasteiger partial charge in [-0.1, -0.05) is 6.92 Å². The van der Waals surface area contributed by atoms with Crippen LogP contribution in [0, 0.1) is 0 Å². The van der Waals surface area contributed by atoms with Crippen LogP contribution in [0.25, 0.3) is 0 Å². The van der Waals surface area contributed by atoms with Crippen molar-refractivity contribution in [2.45, 2.75) is 17.6 Å². The molecule has 0 saturated carbocycles. The fourth-order valence-corrected chi connectivity index (χ4v) is 3.34. The summed E-state index contributed by atoms with van der Waals surface area (Å²) in [6.45, 7) is 2.01. The fourth-order valence-electron chi connectivity index (χ4n) is 0.924. The first kappa shape index (κ1) is 9.70. The molecule has 3 nitrogen and oxygen atoms in total. The summed E-state index contributed by atoms with van der Waals surface area (Å²) in [7, 11) is -1.12. The summed E-state index contributed by atoms with van der Waals surface area (Å²) in [4.78, 5) is 0. The third-order valence-electron chi connectivity index (χ3n) is 1.62. The molecule has 0 saturated heterocycles. The predicted octanol–water partition coefficient (Wildman–Crippen LogP) is 1.64. The molecule has 12 heavy (non-hydrogen) atoms. The number of nitrogens with two attached hydrogens (primary N) is 1. The summed E-state index contributed by atoms with van der Waals surface area (Å²) in [5, 5.41) is 7.42. The van der Waals surface area contributed by atoms with E-state index >= 15 is 0 Å². The molecule has 1 atom stereocenters. The summed E-state index contributed by atoms with van der Waals surface area (Å²) in [6.07, 6.45) is 0.850. The van der Waals surface area contributed by atoms with Crippen molar-refractivity contribution in [2.75, 3.05) is 7.05 Å². The molecule has 0 fully saturated rings. The highest BCUT2D eigenvalue weighted by Gasteiger charge is 2.11. The monoisotopic (exact) mass is 204 g/mol. The second kappa shape index (κ2) is 3.55. The van der Waals surface area contributed by atoms with Crippen LogP contribution in [0.4, 0.5) is 0 Å². The first-order chi connectivity index (χ1) is 5.61. The molecule has 2 N–H and O–H groups in total. The van der Waals surface area contributed by atoms with Crippen molar-refractivity contribution in [1.82, 2.24) is 0 Å². The lowest BCUT2D eigenvalue weighted by Crippen LogP contribution is -2.11. The van der Waals surface area contributed by atoms with E-state index in [0.717, 1.165) is 12.0 Å². The van der Waals surface area contributed by atoms with Crippen molar-refractivity contribution < 1.29 is 4.21 Å². The molecule has 5 heteroatoms. The molecule has 0 aliphatic rings. The Morgan fingerprint density at radius 2 is 2.42 bits per heavy atom. The standard InChI is InChI=1S/C7H12N2OS2/c1-3-6-4-5-11-7(6)12(8,10)9-2/h4-5H,3H2,1-2H3,(H2,8,9,10). The Morgan fingerprint density at radius 3 is 2.92 bits per heavy atom. The summed E-state index contributed by atoms with van der Waals surface area (Å²) in [5.74, 6) is 0. The average molecular weight is 204 g/mol. The normalized spacial score (nSPS) is 15.6. The highest BCUT2D eigenvalue weighted by molar-refractivity contribution is 7.93. The van der Waals surface area contributed by atoms with Gasteiger partial charge in [-0.2, -0.15) is 0 Å². The van der Waals surface area contributed by atoms with E-state index in [9.17, 15) is 4.21 Å². The number of nitrogens with zero attached hydrogens (tertiary/aromatic N) is 1. The van der Waals surface area contributed by atoms with Gasteiger partial charge in [0.15, 0.2) is 0 Å². The molecule has 1 aromatic rings. The topological polar surface area (TPSA) is 55.5 Å². The van der Waals surface area contributed by atoms with Gasteiger partial charge in [-0.15, -0.1) is 11.3 Å². The molecule has 0 amide bonds. The second-order valence-corrected chi connectivity index (χ2v) is 5.42. The molecule has 1 heterocycles. The van der Waals surface area contributed by atoms with E-state index in [1.807, 2.05) is 18.4 Å². The van der Waals surface area contributed by atoms with Gasteiger partial charge < -0.3 is 0 Å². The van der Waals surface area contributed by atoms with Gasteiger partial charge in [-0.3, -0.25) is 0 Å².